The average molecular weight is 297 g/mol. The van der Waals surface area contributed by atoms with Crippen LogP contribution in [0.25, 0.3) is 0 Å². The number of hydrogen-bond donors (Lipinski definition) is 2. The van der Waals surface area contributed by atoms with Gasteiger partial charge in [0.1, 0.15) is 0 Å². The van der Waals surface area contributed by atoms with E-state index in [2.05, 4.69) is 17.0 Å². The number of methoxy groups -OCH3 is 1. The molecule has 1 aromatic rings. The molecule has 0 fully saturated rings. The van der Waals surface area contributed by atoms with Gasteiger partial charge in [0.2, 0.25) is 0 Å². The van der Waals surface area contributed by atoms with Crippen molar-refractivity contribution >= 4 is 23.2 Å². The van der Waals surface area contributed by atoms with Gasteiger partial charge in [0, 0.05) is 4.88 Å². The minimum atomic E-state index is -1.01. The molecule has 6 heteroatoms. The molecule has 0 aliphatic heterocycles. The molecule has 5 nitrogen and oxygen atoms in total. The summed E-state index contributed by atoms with van der Waals surface area (Å²) in [5.41, 5.74) is 1.23. The monoisotopic (exact) mass is 297 g/mol. The van der Waals surface area contributed by atoms with Crippen LogP contribution in [-0.2, 0) is 22.4 Å². The normalized spacial score (nSPS) is 19.1. The van der Waals surface area contributed by atoms with E-state index in [-0.39, 0.29) is 5.91 Å². The number of amides is 1. The van der Waals surface area contributed by atoms with Crippen molar-refractivity contribution in [3.8, 4) is 0 Å². The van der Waals surface area contributed by atoms with Gasteiger partial charge in [0.15, 0.2) is 6.04 Å². The van der Waals surface area contributed by atoms with Gasteiger partial charge in [-0.15, -0.1) is 11.3 Å². The highest BCUT2D eigenvalue weighted by molar-refractivity contribution is 7.14. The van der Waals surface area contributed by atoms with Gasteiger partial charge >= 0.3 is 5.97 Å². The Hall–Kier alpha value is -1.40. The molecule has 1 aliphatic rings. The maximum Gasteiger partial charge on any atom is 0.330 e. The number of esters is 1. The first-order chi connectivity index (χ1) is 9.55. The summed E-state index contributed by atoms with van der Waals surface area (Å²) in [6, 6.07) is 0.891. The van der Waals surface area contributed by atoms with Gasteiger partial charge in [-0.05, 0) is 36.8 Å². The molecule has 110 valence electrons. The summed E-state index contributed by atoms with van der Waals surface area (Å²) < 4.78 is 4.53. The van der Waals surface area contributed by atoms with E-state index in [1.54, 1.807) is 0 Å². The second kappa shape index (κ2) is 6.37. The molecular formula is C14H19NO4S. The summed E-state index contributed by atoms with van der Waals surface area (Å²) in [6.07, 6.45) is 3.16. The molecule has 0 saturated heterocycles. The Bertz CT molecular complexity index is 511. The lowest BCUT2D eigenvalue weighted by molar-refractivity contribution is -0.143. The van der Waals surface area contributed by atoms with Crippen molar-refractivity contribution in [3.05, 3.63) is 21.4 Å². The summed E-state index contributed by atoms with van der Waals surface area (Å²) in [4.78, 5) is 25.3. The second-order valence-corrected chi connectivity index (χ2v) is 6.28. The summed E-state index contributed by atoms with van der Waals surface area (Å²) >= 11 is 1.47. The van der Waals surface area contributed by atoms with Crippen molar-refractivity contribution in [3.63, 3.8) is 0 Å². The standard InChI is InChI=1S/C14H19NO4S/c1-8-3-4-11-9(5-8)6-12(20-11)13(17)15-10(7-16)14(18)19-2/h6,8,10,16H,3-5,7H2,1-2H3,(H,15,17). The fraction of sp³-hybridized carbons (Fsp3) is 0.571. The summed E-state index contributed by atoms with van der Waals surface area (Å²) in [6.45, 7) is 1.74. The summed E-state index contributed by atoms with van der Waals surface area (Å²) in [7, 11) is 1.22. The predicted molar refractivity (Wildman–Crippen MR) is 75.9 cm³/mol. The zero-order chi connectivity index (χ0) is 14.7. The molecular weight excluding hydrogens is 278 g/mol. The van der Waals surface area contributed by atoms with Gasteiger partial charge in [-0.25, -0.2) is 4.79 Å². The van der Waals surface area contributed by atoms with Crippen molar-refractivity contribution < 1.29 is 19.4 Å². The Balaban J connectivity index is 2.08. The largest absolute Gasteiger partial charge is 0.467 e. The number of aliphatic hydroxyl groups excluding tert-OH is 1. The van der Waals surface area contributed by atoms with Crippen molar-refractivity contribution in [2.75, 3.05) is 13.7 Å². The molecule has 2 N–H and O–H groups in total. The van der Waals surface area contributed by atoms with Gasteiger partial charge < -0.3 is 15.2 Å². The molecule has 1 aromatic heterocycles. The predicted octanol–water partition coefficient (Wildman–Crippen LogP) is 1.14. The van der Waals surface area contributed by atoms with Crippen LogP contribution in [-0.4, -0.2) is 36.7 Å². The van der Waals surface area contributed by atoms with Gasteiger partial charge in [-0.3, -0.25) is 4.79 Å². The van der Waals surface area contributed by atoms with Crippen molar-refractivity contribution in [2.45, 2.75) is 32.2 Å². The van der Waals surface area contributed by atoms with Gasteiger partial charge in [0.05, 0.1) is 18.6 Å². The fourth-order valence-electron chi connectivity index (χ4n) is 2.37. The van der Waals surface area contributed by atoms with Gasteiger partial charge in [0.25, 0.3) is 5.91 Å². The maximum atomic E-state index is 12.1. The lowest BCUT2D eigenvalue weighted by Gasteiger charge is -2.16. The molecule has 20 heavy (non-hydrogen) atoms. The molecule has 2 unspecified atom stereocenters. The number of carbonyl (C=O) groups excluding carboxylic acids is 2. The Morgan fingerprint density at radius 2 is 2.35 bits per heavy atom. The Labute approximate surface area is 121 Å². The molecule has 2 rings (SSSR count). The third kappa shape index (κ3) is 3.19. The lowest BCUT2D eigenvalue weighted by Crippen LogP contribution is -2.43. The molecule has 0 radical (unpaired) electrons. The van der Waals surface area contributed by atoms with E-state index in [1.165, 1.54) is 28.9 Å². The van der Waals surface area contributed by atoms with E-state index in [0.717, 1.165) is 19.3 Å². The molecule has 0 spiro atoms. The lowest BCUT2D eigenvalue weighted by atomic mass is 9.90. The van der Waals surface area contributed by atoms with Crippen LogP contribution in [0.3, 0.4) is 0 Å². The third-order valence-corrected chi connectivity index (χ3v) is 4.76. The van der Waals surface area contributed by atoms with Gasteiger partial charge in [-0.1, -0.05) is 6.92 Å². The topological polar surface area (TPSA) is 75.6 Å². The van der Waals surface area contributed by atoms with Crippen LogP contribution in [0, 0.1) is 5.92 Å². The first-order valence-corrected chi connectivity index (χ1v) is 7.48. The highest BCUT2D eigenvalue weighted by atomic mass is 32.1. The van der Waals surface area contributed by atoms with Gasteiger partial charge in [-0.2, -0.15) is 0 Å². The number of aryl methyl sites for hydroxylation is 1. The van der Waals surface area contributed by atoms with Crippen molar-refractivity contribution in [1.29, 1.82) is 0 Å². The van der Waals surface area contributed by atoms with Crippen LogP contribution in [0.5, 0.6) is 0 Å². The first kappa shape index (κ1) is 15.0. The van der Waals surface area contributed by atoms with Crippen LogP contribution in [0.15, 0.2) is 6.07 Å². The minimum Gasteiger partial charge on any atom is -0.467 e. The molecule has 0 aromatic carbocycles. The molecule has 2 atom stereocenters. The number of rotatable bonds is 4. The Morgan fingerprint density at radius 3 is 3.00 bits per heavy atom. The van der Waals surface area contributed by atoms with E-state index in [0.29, 0.717) is 10.8 Å². The molecule has 1 heterocycles. The van der Waals surface area contributed by atoms with E-state index in [1.807, 2.05) is 6.07 Å². The molecule has 0 bridgehead atoms. The summed E-state index contributed by atoms with van der Waals surface area (Å²) in [5, 5.41) is 11.6. The number of aliphatic hydroxyl groups is 1. The number of fused-ring (bicyclic) bond motifs is 1. The van der Waals surface area contributed by atoms with Crippen molar-refractivity contribution in [2.24, 2.45) is 5.92 Å². The van der Waals surface area contributed by atoms with E-state index < -0.39 is 18.6 Å². The first-order valence-electron chi connectivity index (χ1n) is 6.66. The van der Waals surface area contributed by atoms with Crippen molar-refractivity contribution in [1.82, 2.24) is 5.32 Å². The van der Waals surface area contributed by atoms with Crippen LogP contribution >= 0.6 is 11.3 Å². The van der Waals surface area contributed by atoms with E-state index in [9.17, 15) is 9.59 Å². The average Bonchev–Trinajstić information content (AvgIpc) is 2.86. The number of carbonyl (C=O) groups is 2. The van der Waals surface area contributed by atoms with Crippen LogP contribution < -0.4 is 5.32 Å². The molecule has 1 amide bonds. The second-order valence-electron chi connectivity index (χ2n) is 5.14. The molecule has 1 aliphatic carbocycles. The number of ether oxygens (including phenoxy) is 1. The van der Waals surface area contributed by atoms with Crippen LogP contribution in [0.4, 0.5) is 0 Å². The van der Waals surface area contributed by atoms with Crippen LogP contribution in [0.1, 0.15) is 33.5 Å². The molecule has 0 saturated carbocycles. The van der Waals surface area contributed by atoms with E-state index in [4.69, 9.17) is 5.11 Å². The highest BCUT2D eigenvalue weighted by Gasteiger charge is 2.24. The quantitative estimate of drug-likeness (QED) is 0.817. The highest BCUT2D eigenvalue weighted by Crippen LogP contribution is 2.32. The zero-order valence-corrected chi connectivity index (χ0v) is 12.5. The number of thiophene rings is 1. The Morgan fingerprint density at radius 1 is 1.60 bits per heavy atom. The number of nitrogens with one attached hydrogen (secondary N) is 1. The third-order valence-electron chi connectivity index (χ3n) is 3.53. The Kier molecular flexibility index (Phi) is 4.77. The van der Waals surface area contributed by atoms with Crippen LogP contribution in [0.2, 0.25) is 0 Å². The summed E-state index contributed by atoms with van der Waals surface area (Å²) in [5.74, 6) is -0.328. The van der Waals surface area contributed by atoms with E-state index >= 15 is 0 Å². The maximum absolute atomic E-state index is 12.1. The fourth-order valence-corrected chi connectivity index (χ4v) is 3.48. The number of hydrogen-bond acceptors (Lipinski definition) is 5. The smallest absolute Gasteiger partial charge is 0.330 e. The SMILES string of the molecule is COC(=O)C(CO)NC(=O)c1cc2c(s1)CCC(C)C2. The minimum absolute atomic E-state index is 0.332. The zero-order valence-electron chi connectivity index (χ0n) is 11.6.